The maximum atomic E-state index is 5.67. The van der Waals surface area contributed by atoms with Crippen molar-refractivity contribution in [3.8, 4) is 5.75 Å². The van der Waals surface area contributed by atoms with Crippen molar-refractivity contribution in [2.24, 2.45) is 11.8 Å². The Hall–Kier alpha value is -1.17. The number of nitrogens with one attached hydrogen (secondary N) is 1. The van der Waals surface area contributed by atoms with E-state index in [4.69, 9.17) is 15.3 Å². The van der Waals surface area contributed by atoms with Crippen LogP contribution in [0.4, 0.5) is 0 Å². The molecule has 0 aliphatic heterocycles. The summed E-state index contributed by atoms with van der Waals surface area (Å²) in [6.45, 7) is 2.58. The largest absolute Gasteiger partial charge is 0.492 e. The molecule has 1 aromatic rings. The second-order valence-corrected chi connectivity index (χ2v) is 4.57. The van der Waals surface area contributed by atoms with Crippen molar-refractivity contribution in [1.82, 2.24) is 10.4 Å². The minimum atomic E-state index is -0.0459. The van der Waals surface area contributed by atoms with Crippen LogP contribution in [0.1, 0.15) is 31.4 Å². The summed E-state index contributed by atoms with van der Waals surface area (Å²) in [6, 6.07) is 1.92. The highest BCUT2D eigenvalue weighted by atomic mass is 16.5. The van der Waals surface area contributed by atoms with Crippen molar-refractivity contribution in [3.63, 3.8) is 0 Å². The molecule has 2 unspecified atom stereocenters. The Labute approximate surface area is 108 Å². The van der Waals surface area contributed by atoms with Gasteiger partial charge in [-0.05, 0) is 37.3 Å². The van der Waals surface area contributed by atoms with Crippen LogP contribution in [0.15, 0.2) is 18.5 Å². The predicted octanol–water partition coefficient (Wildman–Crippen LogP) is 1.41. The fourth-order valence-corrected chi connectivity index (χ4v) is 2.26. The van der Waals surface area contributed by atoms with Crippen LogP contribution < -0.4 is 16.0 Å². The van der Waals surface area contributed by atoms with Crippen LogP contribution >= 0.6 is 0 Å². The lowest BCUT2D eigenvalue weighted by molar-refractivity contribution is 0.0505. The van der Waals surface area contributed by atoms with E-state index in [2.05, 4.69) is 10.4 Å². The maximum Gasteiger partial charge on any atom is 0.137 e. The second kappa shape index (κ2) is 6.13. The van der Waals surface area contributed by atoms with E-state index in [1.54, 1.807) is 19.5 Å². The van der Waals surface area contributed by atoms with Gasteiger partial charge in [-0.25, -0.2) is 0 Å². The van der Waals surface area contributed by atoms with E-state index >= 15 is 0 Å². The number of methoxy groups -OCH3 is 1. The van der Waals surface area contributed by atoms with Gasteiger partial charge in [0, 0.05) is 13.3 Å². The molecular weight excluding hydrogens is 230 g/mol. The lowest BCUT2D eigenvalue weighted by Gasteiger charge is -2.25. The molecule has 1 fully saturated rings. The molecule has 0 radical (unpaired) electrons. The third kappa shape index (κ3) is 2.98. The van der Waals surface area contributed by atoms with Gasteiger partial charge in [0.15, 0.2) is 0 Å². The van der Waals surface area contributed by atoms with Crippen LogP contribution in [0, 0.1) is 5.92 Å². The molecule has 0 amide bonds. The van der Waals surface area contributed by atoms with Gasteiger partial charge in [-0.3, -0.25) is 16.3 Å². The van der Waals surface area contributed by atoms with E-state index in [0.717, 1.165) is 11.3 Å². The van der Waals surface area contributed by atoms with Crippen molar-refractivity contribution >= 4 is 0 Å². The molecule has 1 aliphatic rings. The van der Waals surface area contributed by atoms with Crippen molar-refractivity contribution in [3.05, 3.63) is 24.0 Å². The molecule has 0 aromatic carbocycles. The highest BCUT2D eigenvalue weighted by molar-refractivity contribution is 5.27. The average Bonchev–Trinajstić information content (AvgIpc) is 3.21. The molecule has 18 heavy (non-hydrogen) atoms. The van der Waals surface area contributed by atoms with Gasteiger partial charge in [0.25, 0.3) is 0 Å². The van der Waals surface area contributed by atoms with Gasteiger partial charge in [0.05, 0.1) is 24.9 Å². The molecule has 1 aromatic heterocycles. The highest BCUT2D eigenvalue weighted by Gasteiger charge is 2.37. The molecule has 1 heterocycles. The first-order valence-corrected chi connectivity index (χ1v) is 6.36. The van der Waals surface area contributed by atoms with Crippen molar-refractivity contribution < 1.29 is 9.47 Å². The number of nitrogens with two attached hydrogens (primary N) is 1. The Morgan fingerprint density at radius 3 is 2.83 bits per heavy atom. The number of hydrogen-bond acceptors (Lipinski definition) is 5. The third-order valence-electron chi connectivity index (χ3n) is 3.27. The fraction of sp³-hybridized carbons (Fsp3) is 0.615. The van der Waals surface area contributed by atoms with E-state index < -0.39 is 0 Å². The minimum absolute atomic E-state index is 0.0459. The van der Waals surface area contributed by atoms with Gasteiger partial charge in [0.1, 0.15) is 5.75 Å². The van der Waals surface area contributed by atoms with Crippen LogP contribution in [0.3, 0.4) is 0 Å². The third-order valence-corrected chi connectivity index (χ3v) is 3.27. The quantitative estimate of drug-likeness (QED) is 0.566. The highest BCUT2D eigenvalue weighted by Crippen LogP contribution is 2.39. The number of rotatable bonds is 7. The minimum Gasteiger partial charge on any atom is -0.492 e. The monoisotopic (exact) mass is 251 g/mol. The van der Waals surface area contributed by atoms with E-state index in [-0.39, 0.29) is 12.1 Å². The van der Waals surface area contributed by atoms with Crippen LogP contribution in [-0.2, 0) is 4.74 Å². The Morgan fingerprint density at radius 1 is 1.50 bits per heavy atom. The summed E-state index contributed by atoms with van der Waals surface area (Å²) in [7, 11) is 1.73. The Balaban J connectivity index is 2.17. The summed E-state index contributed by atoms with van der Waals surface area (Å²) in [5.41, 5.74) is 3.84. The summed E-state index contributed by atoms with van der Waals surface area (Å²) in [6.07, 6.45) is 6.01. The molecule has 5 nitrogen and oxygen atoms in total. The molecule has 5 heteroatoms. The summed E-state index contributed by atoms with van der Waals surface area (Å²) < 4.78 is 11.0. The Bertz CT molecular complexity index is 382. The zero-order valence-corrected chi connectivity index (χ0v) is 10.9. The molecule has 1 saturated carbocycles. The maximum absolute atomic E-state index is 5.67. The summed E-state index contributed by atoms with van der Waals surface area (Å²) in [4.78, 5) is 4.19. The topological polar surface area (TPSA) is 69.4 Å². The van der Waals surface area contributed by atoms with Gasteiger partial charge in [-0.15, -0.1) is 0 Å². The van der Waals surface area contributed by atoms with Crippen molar-refractivity contribution in [1.29, 1.82) is 0 Å². The number of ether oxygens (including phenoxy) is 2. The van der Waals surface area contributed by atoms with E-state index in [0.29, 0.717) is 12.5 Å². The number of nitrogens with zero attached hydrogens (tertiary/aromatic N) is 1. The molecule has 1 aliphatic carbocycles. The van der Waals surface area contributed by atoms with E-state index in [1.807, 2.05) is 13.0 Å². The molecule has 0 bridgehead atoms. The van der Waals surface area contributed by atoms with Gasteiger partial charge < -0.3 is 9.47 Å². The Morgan fingerprint density at radius 2 is 2.28 bits per heavy atom. The smallest absolute Gasteiger partial charge is 0.137 e. The SMILES string of the molecule is CCOc1cncc(C(NN)C(OC)C2CC2)c1. The summed E-state index contributed by atoms with van der Waals surface area (Å²) in [5, 5.41) is 0. The molecule has 2 rings (SSSR count). The number of hydrazine groups is 1. The summed E-state index contributed by atoms with van der Waals surface area (Å²) >= 11 is 0. The van der Waals surface area contributed by atoms with Crippen molar-refractivity contribution in [2.45, 2.75) is 31.9 Å². The lowest BCUT2D eigenvalue weighted by atomic mass is 10.00. The van der Waals surface area contributed by atoms with E-state index in [1.165, 1.54) is 12.8 Å². The summed E-state index contributed by atoms with van der Waals surface area (Å²) in [5.74, 6) is 7.03. The molecule has 0 spiro atoms. The number of hydrogen-bond donors (Lipinski definition) is 2. The van der Waals surface area contributed by atoms with Crippen LogP contribution in [0.25, 0.3) is 0 Å². The Kier molecular flexibility index (Phi) is 4.52. The van der Waals surface area contributed by atoms with E-state index in [9.17, 15) is 0 Å². The zero-order chi connectivity index (χ0) is 13.0. The van der Waals surface area contributed by atoms with Crippen LogP contribution in [0.5, 0.6) is 5.75 Å². The first-order valence-electron chi connectivity index (χ1n) is 6.36. The second-order valence-electron chi connectivity index (χ2n) is 4.57. The van der Waals surface area contributed by atoms with Crippen molar-refractivity contribution in [2.75, 3.05) is 13.7 Å². The van der Waals surface area contributed by atoms with Crippen LogP contribution in [-0.4, -0.2) is 24.8 Å². The lowest BCUT2D eigenvalue weighted by Crippen LogP contribution is -2.38. The van der Waals surface area contributed by atoms with Crippen LogP contribution in [0.2, 0.25) is 0 Å². The predicted molar refractivity (Wildman–Crippen MR) is 69.0 cm³/mol. The molecule has 0 saturated heterocycles. The van der Waals surface area contributed by atoms with Gasteiger partial charge in [0.2, 0.25) is 0 Å². The average molecular weight is 251 g/mol. The van der Waals surface area contributed by atoms with Gasteiger partial charge >= 0.3 is 0 Å². The standard InChI is InChI=1S/C13H21N3O2/c1-3-18-11-6-10(7-15-8-11)12(16-14)13(17-2)9-4-5-9/h6-9,12-13,16H,3-5,14H2,1-2H3. The first-order chi connectivity index (χ1) is 8.80. The normalized spacial score (nSPS) is 18.4. The first kappa shape index (κ1) is 13.3. The number of pyridine rings is 1. The zero-order valence-electron chi connectivity index (χ0n) is 10.9. The molecule has 3 N–H and O–H groups in total. The number of aromatic nitrogens is 1. The van der Waals surface area contributed by atoms with Gasteiger partial charge in [-0.1, -0.05) is 0 Å². The molecule has 100 valence electrons. The van der Waals surface area contributed by atoms with Gasteiger partial charge in [-0.2, -0.15) is 0 Å². The molecular formula is C13H21N3O2. The fourth-order valence-electron chi connectivity index (χ4n) is 2.26. The molecule has 2 atom stereocenters.